The zero-order valence-electron chi connectivity index (χ0n) is 11.3. The summed E-state index contributed by atoms with van der Waals surface area (Å²) in [4.78, 5) is 14.0. The van der Waals surface area contributed by atoms with Crippen LogP contribution in [0.3, 0.4) is 0 Å². The van der Waals surface area contributed by atoms with E-state index in [1.807, 2.05) is 11.9 Å². The van der Waals surface area contributed by atoms with Crippen molar-refractivity contribution < 1.29 is 9.53 Å². The molecule has 1 aromatic carbocycles. The summed E-state index contributed by atoms with van der Waals surface area (Å²) in [5.41, 5.74) is 2.67. The van der Waals surface area contributed by atoms with Crippen LogP contribution >= 0.6 is 0 Å². The maximum absolute atomic E-state index is 12.2. The first-order chi connectivity index (χ1) is 8.65. The fourth-order valence-corrected chi connectivity index (χ4v) is 2.67. The van der Waals surface area contributed by atoms with E-state index in [9.17, 15) is 4.79 Å². The third-order valence-electron chi connectivity index (χ3n) is 3.85. The number of aryl methyl sites for hydroxylation is 1. The molecule has 0 N–H and O–H groups in total. The highest BCUT2D eigenvalue weighted by Crippen LogP contribution is 2.33. The Labute approximate surface area is 109 Å². The molecule has 1 amide bonds. The van der Waals surface area contributed by atoms with Crippen LogP contribution in [0.1, 0.15) is 36.9 Å². The molecule has 0 spiro atoms. The molecule has 0 aliphatic heterocycles. The van der Waals surface area contributed by atoms with Crippen molar-refractivity contribution in [1.29, 1.82) is 0 Å². The molecular formula is C15H21NO2. The van der Waals surface area contributed by atoms with Crippen molar-refractivity contribution in [2.45, 2.75) is 38.3 Å². The predicted molar refractivity (Wildman–Crippen MR) is 71.4 cm³/mol. The van der Waals surface area contributed by atoms with E-state index >= 15 is 0 Å². The Morgan fingerprint density at radius 3 is 2.89 bits per heavy atom. The standard InChI is InChI=1S/C15H21NO2/c1-11(18-3)15(17)16(2)14-10-6-8-12-7-4-5-9-13(12)14/h4-5,7,9,11,14H,6,8,10H2,1-3H3. The number of methoxy groups -OCH3 is 1. The van der Waals surface area contributed by atoms with Crippen molar-refractivity contribution in [3.63, 3.8) is 0 Å². The second-order valence-corrected chi connectivity index (χ2v) is 4.93. The number of ether oxygens (including phenoxy) is 1. The lowest BCUT2D eigenvalue weighted by Gasteiger charge is -2.34. The number of likely N-dealkylation sites (N-methyl/N-ethyl adjacent to an activating group) is 1. The van der Waals surface area contributed by atoms with Crippen LogP contribution in [0.15, 0.2) is 24.3 Å². The van der Waals surface area contributed by atoms with Gasteiger partial charge in [-0.3, -0.25) is 4.79 Å². The largest absolute Gasteiger partial charge is 0.372 e. The van der Waals surface area contributed by atoms with Gasteiger partial charge in [-0.15, -0.1) is 0 Å². The number of amides is 1. The summed E-state index contributed by atoms with van der Waals surface area (Å²) in [7, 11) is 3.45. The fourth-order valence-electron chi connectivity index (χ4n) is 2.67. The van der Waals surface area contributed by atoms with Crippen LogP contribution in [0.25, 0.3) is 0 Å². The van der Waals surface area contributed by atoms with Crippen molar-refractivity contribution >= 4 is 5.91 Å². The van der Waals surface area contributed by atoms with E-state index in [1.54, 1.807) is 14.0 Å². The Hall–Kier alpha value is -1.35. The zero-order chi connectivity index (χ0) is 13.1. The van der Waals surface area contributed by atoms with Crippen molar-refractivity contribution in [3.8, 4) is 0 Å². The van der Waals surface area contributed by atoms with Gasteiger partial charge in [0.25, 0.3) is 5.91 Å². The van der Waals surface area contributed by atoms with Gasteiger partial charge in [0.1, 0.15) is 6.10 Å². The van der Waals surface area contributed by atoms with Gasteiger partial charge in [-0.05, 0) is 37.3 Å². The summed E-state index contributed by atoms with van der Waals surface area (Å²) in [6.07, 6.45) is 2.93. The molecule has 2 rings (SSSR count). The van der Waals surface area contributed by atoms with Crippen LogP contribution in [-0.4, -0.2) is 31.1 Å². The highest BCUT2D eigenvalue weighted by Gasteiger charge is 2.28. The summed E-state index contributed by atoms with van der Waals surface area (Å²) in [5, 5.41) is 0. The fraction of sp³-hybridized carbons (Fsp3) is 0.533. The first-order valence-corrected chi connectivity index (χ1v) is 6.52. The van der Waals surface area contributed by atoms with E-state index in [1.165, 1.54) is 11.1 Å². The number of carbonyl (C=O) groups is 1. The Morgan fingerprint density at radius 2 is 2.17 bits per heavy atom. The maximum Gasteiger partial charge on any atom is 0.251 e. The molecule has 18 heavy (non-hydrogen) atoms. The molecule has 2 atom stereocenters. The van der Waals surface area contributed by atoms with Crippen molar-refractivity contribution in [2.75, 3.05) is 14.2 Å². The second-order valence-electron chi connectivity index (χ2n) is 4.93. The summed E-state index contributed by atoms with van der Waals surface area (Å²) in [5.74, 6) is 0.0548. The lowest BCUT2D eigenvalue weighted by molar-refractivity contribution is -0.142. The second kappa shape index (κ2) is 5.53. The molecule has 0 aromatic heterocycles. The molecule has 0 fully saturated rings. The molecular weight excluding hydrogens is 226 g/mol. The topological polar surface area (TPSA) is 29.5 Å². The van der Waals surface area contributed by atoms with Crippen LogP contribution in [0.5, 0.6) is 0 Å². The number of rotatable bonds is 3. The molecule has 0 saturated heterocycles. The van der Waals surface area contributed by atoms with Crippen molar-refractivity contribution in [1.82, 2.24) is 4.90 Å². The molecule has 1 aromatic rings. The van der Waals surface area contributed by atoms with E-state index in [-0.39, 0.29) is 18.1 Å². The first-order valence-electron chi connectivity index (χ1n) is 6.52. The Morgan fingerprint density at radius 1 is 1.44 bits per heavy atom. The number of hydrogen-bond donors (Lipinski definition) is 0. The van der Waals surface area contributed by atoms with Crippen LogP contribution in [-0.2, 0) is 16.0 Å². The van der Waals surface area contributed by atoms with Gasteiger partial charge in [0.05, 0.1) is 6.04 Å². The zero-order valence-corrected chi connectivity index (χ0v) is 11.3. The van der Waals surface area contributed by atoms with E-state index in [0.717, 1.165) is 19.3 Å². The van der Waals surface area contributed by atoms with E-state index < -0.39 is 0 Å². The Kier molecular flexibility index (Phi) is 4.02. The quantitative estimate of drug-likeness (QED) is 0.821. The molecule has 3 nitrogen and oxygen atoms in total. The molecule has 0 bridgehead atoms. The Balaban J connectivity index is 2.22. The number of nitrogens with zero attached hydrogens (tertiary/aromatic N) is 1. The summed E-state index contributed by atoms with van der Waals surface area (Å²) in [6.45, 7) is 1.80. The maximum atomic E-state index is 12.2. The monoisotopic (exact) mass is 247 g/mol. The average Bonchev–Trinajstić information content (AvgIpc) is 2.44. The van der Waals surface area contributed by atoms with Crippen LogP contribution < -0.4 is 0 Å². The van der Waals surface area contributed by atoms with Gasteiger partial charge in [0.15, 0.2) is 0 Å². The molecule has 3 heteroatoms. The number of hydrogen-bond acceptors (Lipinski definition) is 2. The minimum absolute atomic E-state index is 0.0548. The third-order valence-corrected chi connectivity index (χ3v) is 3.85. The molecule has 0 saturated carbocycles. The lowest BCUT2D eigenvalue weighted by Crippen LogP contribution is -2.39. The molecule has 98 valence electrons. The van der Waals surface area contributed by atoms with Gasteiger partial charge in [-0.25, -0.2) is 0 Å². The average molecular weight is 247 g/mol. The minimum atomic E-state index is -0.371. The highest BCUT2D eigenvalue weighted by molar-refractivity contribution is 5.80. The SMILES string of the molecule is COC(C)C(=O)N(C)C1CCCc2ccccc21. The normalized spacial score (nSPS) is 20.1. The van der Waals surface area contributed by atoms with E-state index in [4.69, 9.17) is 4.74 Å². The predicted octanol–water partition coefficient (Wildman–Crippen LogP) is 2.56. The van der Waals surface area contributed by atoms with Gasteiger partial charge in [0, 0.05) is 14.2 Å². The molecule has 1 aliphatic rings. The molecule has 0 heterocycles. The number of carbonyl (C=O) groups excluding carboxylic acids is 1. The third kappa shape index (κ3) is 2.41. The van der Waals surface area contributed by atoms with Crippen LogP contribution in [0, 0.1) is 0 Å². The number of fused-ring (bicyclic) bond motifs is 1. The van der Waals surface area contributed by atoms with Crippen LogP contribution in [0.2, 0.25) is 0 Å². The van der Waals surface area contributed by atoms with E-state index in [0.29, 0.717) is 0 Å². The van der Waals surface area contributed by atoms with Gasteiger partial charge >= 0.3 is 0 Å². The van der Waals surface area contributed by atoms with Gasteiger partial charge in [0.2, 0.25) is 0 Å². The summed E-state index contributed by atoms with van der Waals surface area (Å²) < 4.78 is 5.12. The molecule has 0 radical (unpaired) electrons. The van der Waals surface area contributed by atoms with Crippen molar-refractivity contribution in [2.24, 2.45) is 0 Å². The van der Waals surface area contributed by atoms with Gasteiger partial charge < -0.3 is 9.64 Å². The molecule has 2 unspecified atom stereocenters. The van der Waals surface area contributed by atoms with Crippen LogP contribution in [0.4, 0.5) is 0 Å². The molecule has 1 aliphatic carbocycles. The lowest BCUT2D eigenvalue weighted by atomic mass is 9.87. The smallest absolute Gasteiger partial charge is 0.251 e. The minimum Gasteiger partial charge on any atom is -0.372 e. The van der Waals surface area contributed by atoms with Gasteiger partial charge in [-0.2, -0.15) is 0 Å². The summed E-state index contributed by atoms with van der Waals surface area (Å²) >= 11 is 0. The van der Waals surface area contributed by atoms with Gasteiger partial charge in [-0.1, -0.05) is 24.3 Å². The van der Waals surface area contributed by atoms with E-state index in [2.05, 4.69) is 24.3 Å². The first kappa shape index (κ1) is 13.1. The van der Waals surface area contributed by atoms with Crippen molar-refractivity contribution in [3.05, 3.63) is 35.4 Å². The Bertz CT molecular complexity index is 430. The highest BCUT2D eigenvalue weighted by atomic mass is 16.5. The summed E-state index contributed by atoms with van der Waals surface area (Å²) in [6, 6.07) is 8.62. The number of benzene rings is 1.